The minimum Gasteiger partial charge on any atom is -0.352 e. The van der Waals surface area contributed by atoms with Crippen LogP contribution >= 0.6 is 11.3 Å². The van der Waals surface area contributed by atoms with Gasteiger partial charge in [-0.2, -0.15) is 0 Å². The van der Waals surface area contributed by atoms with Gasteiger partial charge in [0.15, 0.2) is 0 Å². The first-order chi connectivity index (χ1) is 13.8. The Hall–Kier alpha value is -2.03. The molecule has 0 spiro atoms. The van der Waals surface area contributed by atoms with Gasteiger partial charge in [-0.15, -0.1) is 11.3 Å². The average molecular weight is 401 g/mol. The highest BCUT2D eigenvalue weighted by atomic mass is 32.1. The van der Waals surface area contributed by atoms with Crippen molar-refractivity contribution in [3.05, 3.63) is 40.8 Å². The van der Waals surface area contributed by atoms with Gasteiger partial charge in [0.2, 0.25) is 11.9 Å². The van der Waals surface area contributed by atoms with Crippen LogP contribution in [0.15, 0.2) is 36.0 Å². The van der Waals surface area contributed by atoms with Crippen LogP contribution < -0.4 is 10.2 Å². The van der Waals surface area contributed by atoms with E-state index in [4.69, 9.17) is 0 Å². The molecule has 0 bridgehead atoms. The van der Waals surface area contributed by atoms with E-state index in [1.165, 1.54) is 4.88 Å². The van der Waals surface area contributed by atoms with E-state index in [0.717, 1.165) is 64.6 Å². The number of hydrogen-bond acceptors (Lipinski definition) is 7. The number of carbonyl (C=O) groups is 1. The smallest absolute Gasteiger partial charge is 0.234 e. The van der Waals surface area contributed by atoms with Crippen LogP contribution in [0.2, 0.25) is 0 Å². The molecule has 2 aromatic rings. The van der Waals surface area contributed by atoms with E-state index in [9.17, 15) is 4.79 Å². The topological polar surface area (TPSA) is 64.6 Å². The van der Waals surface area contributed by atoms with Gasteiger partial charge in [0.1, 0.15) is 0 Å². The van der Waals surface area contributed by atoms with Crippen molar-refractivity contribution in [2.75, 3.05) is 50.7 Å². The molecule has 4 heterocycles. The highest BCUT2D eigenvalue weighted by molar-refractivity contribution is 7.09. The molecule has 2 aliphatic rings. The summed E-state index contributed by atoms with van der Waals surface area (Å²) in [6.07, 6.45) is 5.62. The van der Waals surface area contributed by atoms with Crippen LogP contribution in [0.25, 0.3) is 0 Å². The lowest BCUT2D eigenvalue weighted by Crippen LogP contribution is -2.52. The standard InChI is InChI=1S/C20H28N6OS/c27-19(16-25-10-12-26(13-11-25)20-21-6-2-7-22-20)23-17-4-8-24(9-5-17)15-18-3-1-14-28-18/h1-3,6-7,14,17H,4-5,8-13,15-16H2,(H,23,27). The van der Waals surface area contributed by atoms with Gasteiger partial charge in [-0.1, -0.05) is 6.07 Å². The number of thiophene rings is 1. The lowest BCUT2D eigenvalue weighted by molar-refractivity contribution is -0.123. The van der Waals surface area contributed by atoms with Gasteiger partial charge in [0.25, 0.3) is 0 Å². The largest absolute Gasteiger partial charge is 0.352 e. The second-order valence-electron chi connectivity index (χ2n) is 7.51. The van der Waals surface area contributed by atoms with Crippen LogP contribution in [0.3, 0.4) is 0 Å². The molecule has 2 fully saturated rings. The molecular formula is C20H28N6OS. The number of likely N-dealkylation sites (tertiary alicyclic amines) is 1. The first-order valence-corrected chi connectivity index (χ1v) is 10.9. The Balaban J connectivity index is 1.15. The SMILES string of the molecule is O=C(CN1CCN(c2ncccn2)CC1)NC1CCN(Cc2cccs2)CC1. The van der Waals surface area contributed by atoms with Crippen molar-refractivity contribution in [2.24, 2.45) is 0 Å². The van der Waals surface area contributed by atoms with Crippen LogP contribution in [0.5, 0.6) is 0 Å². The molecule has 0 aliphatic carbocycles. The first kappa shape index (κ1) is 19.3. The normalized spacial score (nSPS) is 19.6. The van der Waals surface area contributed by atoms with Crippen molar-refractivity contribution in [3.8, 4) is 0 Å². The molecule has 0 aromatic carbocycles. The number of nitrogens with one attached hydrogen (secondary N) is 1. The molecule has 0 radical (unpaired) electrons. The molecule has 0 unspecified atom stereocenters. The zero-order valence-electron chi connectivity index (χ0n) is 16.2. The highest BCUT2D eigenvalue weighted by Crippen LogP contribution is 2.17. The highest BCUT2D eigenvalue weighted by Gasteiger charge is 2.24. The van der Waals surface area contributed by atoms with Crippen molar-refractivity contribution in [1.29, 1.82) is 0 Å². The lowest BCUT2D eigenvalue weighted by Gasteiger charge is -2.35. The summed E-state index contributed by atoms with van der Waals surface area (Å²) in [7, 11) is 0. The van der Waals surface area contributed by atoms with Crippen molar-refractivity contribution >= 4 is 23.2 Å². The monoisotopic (exact) mass is 400 g/mol. The molecule has 150 valence electrons. The van der Waals surface area contributed by atoms with Gasteiger partial charge >= 0.3 is 0 Å². The van der Waals surface area contributed by atoms with Gasteiger partial charge in [-0.3, -0.25) is 14.6 Å². The molecule has 2 aliphatic heterocycles. The fourth-order valence-electron chi connectivity index (χ4n) is 3.90. The molecule has 8 heteroatoms. The van der Waals surface area contributed by atoms with E-state index < -0.39 is 0 Å². The number of rotatable bonds is 6. The Morgan fingerprint density at radius 3 is 2.46 bits per heavy atom. The molecule has 4 rings (SSSR count). The second kappa shape index (κ2) is 9.45. The second-order valence-corrected chi connectivity index (χ2v) is 8.54. The summed E-state index contributed by atoms with van der Waals surface area (Å²) in [5.41, 5.74) is 0. The van der Waals surface area contributed by atoms with E-state index in [-0.39, 0.29) is 5.91 Å². The van der Waals surface area contributed by atoms with Gasteiger partial charge < -0.3 is 10.2 Å². The molecule has 1 amide bonds. The lowest BCUT2D eigenvalue weighted by atomic mass is 10.0. The summed E-state index contributed by atoms with van der Waals surface area (Å²) >= 11 is 1.82. The summed E-state index contributed by atoms with van der Waals surface area (Å²) in [5, 5.41) is 5.38. The number of piperazine rings is 1. The number of carbonyl (C=O) groups excluding carboxylic acids is 1. The number of aromatic nitrogens is 2. The summed E-state index contributed by atoms with van der Waals surface area (Å²) in [6, 6.07) is 6.45. The molecule has 28 heavy (non-hydrogen) atoms. The zero-order chi connectivity index (χ0) is 19.2. The number of anilines is 1. The van der Waals surface area contributed by atoms with Crippen LogP contribution in [-0.2, 0) is 11.3 Å². The fraction of sp³-hybridized carbons (Fsp3) is 0.550. The van der Waals surface area contributed by atoms with Crippen LogP contribution in [0.4, 0.5) is 5.95 Å². The number of hydrogen-bond donors (Lipinski definition) is 1. The third-order valence-electron chi connectivity index (χ3n) is 5.49. The molecule has 7 nitrogen and oxygen atoms in total. The summed E-state index contributed by atoms with van der Waals surface area (Å²) in [6.45, 7) is 7.08. The Bertz CT molecular complexity index is 724. The minimum absolute atomic E-state index is 0.154. The summed E-state index contributed by atoms with van der Waals surface area (Å²) in [5.74, 6) is 0.932. The molecule has 1 N–H and O–H groups in total. The Morgan fingerprint density at radius 1 is 1.04 bits per heavy atom. The number of amides is 1. The van der Waals surface area contributed by atoms with Gasteiger partial charge in [0, 0.05) is 69.1 Å². The molecule has 2 aromatic heterocycles. The third-order valence-corrected chi connectivity index (χ3v) is 6.35. The Morgan fingerprint density at radius 2 is 1.79 bits per heavy atom. The van der Waals surface area contributed by atoms with E-state index in [0.29, 0.717) is 12.6 Å². The number of piperidine rings is 1. The van der Waals surface area contributed by atoms with Crippen LogP contribution in [0.1, 0.15) is 17.7 Å². The van der Waals surface area contributed by atoms with Crippen LogP contribution in [0, 0.1) is 0 Å². The minimum atomic E-state index is 0.154. The van der Waals surface area contributed by atoms with Crippen molar-refractivity contribution < 1.29 is 4.79 Å². The molecule has 0 atom stereocenters. The van der Waals surface area contributed by atoms with Gasteiger partial charge in [-0.05, 0) is 30.4 Å². The maximum Gasteiger partial charge on any atom is 0.234 e. The predicted octanol–water partition coefficient (Wildman–Crippen LogP) is 1.44. The van der Waals surface area contributed by atoms with E-state index in [1.807, 2.05) is 17.4 Å². The molecular weight excluding hydrogens is 372 g/mol. The summed E-state index contributed by atoms with van der Waals surface area (Å²) < 4.78 is 0. The Labute approximate surface area is 170 Å². The van der Waals surface area contributed by atoms with Crippen LogP contribution in [-0.4, -0.2) is 77.5 Å². The van der Waals surface area contributed by atoms with E-state index in [1.54, 1.807) is 12.4 Å². The van der Waals surface area contributed by atoms with E-state index >= 15 is 0 Å². The quantitative estimate of drug-likeness (QED) is 0.792. The van der Waals surface area contributed by atoms with E-state index in [2.05, 4.69) is 47.5 Å². The maximum atomic E-state index is 12.5. The first-order valence-electron chi connectivity index (χ1n) is 10.0. The summed E-state index contributed by atoms with van der Waals surface area (Å²) in [4.78, 5) is 29.4. The van der Waals surface area contributed by atoms with Gasteiger partial charge in [-0.25, -0.2) is 9.97 Å². The maximum absolute atomic E-state index is 12.5. The fourth-order valence-corrected chi connectivity index (χ4v) is 4.64. The molecule has 2 saturated heterocycles. The predicted molar refractivity (Wildman–Crippen MR) is 111 cm³/mol. The number of nitrogens with zero attached hydrogens (tertiary/aromatic N) is 5. The molecule has 0 saturated carbocycles. The Kier molecular flexibility index (Phi) is 6.51. The van der Waals surface area contributed by atoms with Crippen molar-refractivity contribution in [1.82, 2.24) is 25.1 Å². The van der Waals surface area contributed by atoms with Gasteiger partial charge in [0.05, 0.1) is 6.54 Å². The van der Waals surface area contributed by atoms with Crippen molar-refractivity contribution in [2.45, 2.75) is 25.4 Å². The third kappa shape index (κ3) is 5.27. The van der Waals surface area contributed by atoms with Crippen molar-refractivity contribution in [3.63, 3.8) is 0 Å². The zero-order valence-corrected chi connectivity index (χ0v) is 17.0. The average Bonchev–Trinajstić information content (AvgIpc) is 3.24.